The normalized spacial score (nSPS) is 29.5. The molecule has 4 rings (SSSR count). The monoisotopic (exact) mass is 413 g/mol. The molecule has 1 aromatic rings. The Balaban J connectivity index is 1.82. The molecule has 160 valence electrons. The Morgan fingerprint density at radius 3 is 2.63 bits per heavy atom. The molecule has 3 aliphatic heterocycles. The Bertz CT molecular complexity index is 929. The highest BCUT2D eigenvalue weighted by molar-refractivity contribution is 6.15. The van der Waals surface area contributed by atoms with Crippen LogP contribution >= 0.6 is 0 Å². The summed E-state index contributed by atoms with van der Waals surface area (Å²) in [6, 6.07) is 5.05. The summed E-state index contributed by atoms with van der Waals surface area (Å²) >= 11 is 0. The third-order valence-electron chi connectivity index (χ3n) is 6.71. The van der Waals surface area contributed by atoms with E-state index >= 15 is 0 Å². The first-order chi connectivity index (χ1) is 14.4. The minimum atomic E-state index is -1.35. The number of carbonyl (C=O) groups is 4. The van der Waals surface area contributed by atoms with E-state index < -0.39 is 29.4 Å². The molecule has 8 nitrogen and oxygen atoms in total. The van der Waals surface area contributed by atoms with Crippen molar-refractivity contribution in [3.05, 3.63) is 29.3 Å². The molecule has 0 aliphatic carbocycles. The predicted molar refractivity (Wildman–Crippen MR) is 109 cm³/mol. The Hall–Kier alpha value is -2.74. The van der Waals surface area contributed by atoms with E-state index in [1.54, 1.807) is 0 Å². The van der Waals surface area contributed by atoms with Gasteiger partial charge in [0.15, 0.2) is 0 Å². The Morgan fingerprint density at radius 1 is 1.20 bits per heavy atom. The number of benzene rings is 1. The minimum absolute atomic E-state index is 0.142. The summed E-state index contributed by atoms with van der Waals surface area (Å²) in [5.41, 5.74) is 0.993. The number of rotatable bonds is 7. The lowest BCUT2D eigenvalue weighted by Crippen LogP contribution is -2.53. The molecule has 8 heteroatoms. The van der Waals surface area contributed by atoms with E-state index in [0.29, 0.717) is 30.6 Å². The van der Waals surface area contributed by atoms with Crippen LogP contribution in [0.3, 0.4) is 0 Å². The van der Waals surface area contributed by atoms with Crippen LogP contribution in [0.2, 0.25) is 0 Å². The average molecular weight is 413 g/mol. The van der Waals surface area contributed by atoms with Crippen molar-refractivity contribution in [2.24, 2.45) is 11.8 Å². The number of hydrogen-bond acceptors (Lipinski definition) is 5. The molecule has 2 saturated heterocycles. The van der Waals surface area contributed by atoms with Crippen molar-refractivity contribution >= 4 is 29.4 Å². The SMILES string of the molecule is CCCCN1C(=O)[C@@H]2[C@H](CCC(=O)O)N[C@@]3(C(=O)Nc4c(CC)cccc43)[C@H]2C1=O. The second-order valence-corrected chi connectivity index (χ2v) is 8.32. The van der Waals surface area contributed by atoms with Crippen LogP contribution in [0.15, 0.2) is 18.2 Å². The van der Waals surface area contributed by atoms with Crippen LogP contribution < -0.4 is 10.6 Å². The van der Waals surface area contributed by atoms with Crippen molar-refractivity contribution in [2.45, 2.75) is 57.5 Å². The highest BCUT2D eigenvalue weighted by atomic mass is 16.4. The molecule has 0 bridgehead atoms. The summed E-state index contributed by atoms with van der Waals surface area (Å²) in [7, 11) is 0. The van der Waals surface area contributed by atoms with Crippen molar-refractivity contribution in [1.29, 1.82) is 0 Å². The number of carboxylic acid groups (broad SMARTS) is 1. The lowest BCUT2D eigenvalue weighted by molar-refractivity contribution is -0.143. The highest BCUT2D eigenvalue weighted by Crippen LogP contribution is 2.54. The van der Waals surface area contributed by atoms with E-state index in [9.17, 15) is 19.2 Å². The van der Waals surface area contributed by atoms with Crippen molar-refractivity contribution in [2.75, 3.05) is 11.9 Å². The zero-order chi connectivity index (χ0) is 21.6. The second-order valence-electron chi connectivity index (χ2n) is 8.32. The number of unbranched alkanes of at least 4 members (excludes halogenated alkanes) is 1. The molecule has 3 amide bonds. The van der Waals surface area contributed by atoms with Gasteiger partial charge in [0.1, 0.15) is 5.54 Å². The van der Waals surface area contributed by atoms with Gasteiger partial charge in [-0.1, -0.05) is 38.5 Å². The Labute approximate surface area is 175 Å². The van der Waals surface area contributed by atoms with Crippen LogP contribution in [0.1, 0.15) is 50.7 Å². The molecule has 1 spiro atoms. The lowest BCUT2D eigenvalue weighted by Gasteiger charge is -2.29. The van der Waals surface area contributed by atoms with Gasteiger partial charge in [0.25, 0.3) is 0 Å². The largest absolute Gasteiger partial charge is 0.481 e. The summed E-state index contributed by atoms with van der Waals surface area (Å²) in [6.45, 7) is 4.30. The van der Waals surface area contributed by atoms with Crippen LogP contribution in [-0.4, -0.2) is 46.3 Å². The summed E-state index contributed by atoms with van der Waals surface area (Å²) < 4.78 is 0. The van der Waals surface area contributed by atoms with E-state index in [1.807, 2.05) is 32.0 Å². The molecule has 3 N–H and O–H groups in total. The summed E-state index contributed by atoms with van der Waals surface area (Å²) in [5, 5.41) is 15.4. The maximum absolute atomic E-state index is 13.4. The standard InChI is InChI=1S/C22H27N3O5/c1-3-5-11-25-19(28)16-14(9-10-15(26)27)24-22(17(16)20(25)29)13-8-6-7-12(4-2)18(13)23-21(22)30/h6-8,14,16-17,24H,3-5,9-11H2,1-2H3,(H,23,30)(H,26,27)/t14-,16+,17+,22+/m0/s1. The molecule has 1 aromatic carbocycles. The van der Waals surface area contributed by atoms with Crippen LogP contribution in [-0.2, 0) is 31.1 Å². The van der Waals surface area contributed by atoms with E-state index in [0.717, 1.165) is 12.0 Å². The molecule has 2 fully saturated rings. The van der Waals surface area contributed by atoms with Gasteiger partial charge in [-0.3, -0.25) is 29.4 Å². The molecule has 0 radical (unpaired) electrons. The number of carboxylic acids is 1. The van der Waals surface area contributed by atoms with E-state index in [2.05, 4.69) is 10.6 Å². The molecule has 4 atom stereocenters. The fraction of sp³-hybridized carbons (Fsp3) is 0.545. The van der Waals surface area contributed by atoms with E-state index in [4.69, 9.17) is 5.11 Å². The number of aryl methyl sites for hydroxylation is 1. The number of carbonyl (C=O) groups excluding carboxylic acids is 3. The van der Waals surface area contributed by atoms with Gasteiger partial charge in [-0.25, -0.2) is 0 Å². The van der Waals surface area contributed by atoms with Gasteiger partial charge in [0.05, 0.1) is 11.8 Å². The molecule has 3 aliphatic rings. The van der Waals surface area contributed by atoms with E-state index in [1.165, 1.54) is 4.90 Å². The Kier molecular flexibility index (Phi) is 5.13. The number of fused-ring (bicyclic) bond motifs is 4. The Morgan fingerprint density at radius 2 is 1.97 bits per heavy atom. The van der Waals surface area contributed by atoms with Crippen molar-refractivity contribution in [3.8, 4) is 0 Å². The van der Waals surface area contributed by atoms with Gasteiger partial charge in [-0.05, 0) is 24.8 Å². The van der Waals surface area contributed by atoms with Gasteiger partial charge in [0, 0.05) is 30.3 Å². The van der Waals surface area contributed by atoms with Crippen molar-refractivity contribution in [3.63, 3.8) is 0 Å². The lowest BCUT2D eigenvalue weighted by atomic mass is 9.76. The van der Waals surface area contributed by atoms with Gasteiger partial charge in [0.2, 0.25) is 17.7 Å². The number of nitrogens with one attached hydrogen (secondary N) is 2. The van der Waals surface area contributed by atoms with Crippen molar-refractivity contribution < 1.29 is 24.3 Å². The number of hydrogen-bond donors (Lipinski definition) is 3. The van der Waals surface area contributed by atoms with Gasteiger partial charge in [-0.2, -0.15) is 0 Å². The number of amides is 3. The number of anilines is 1. The van der Waals surface area contributed by atoms with Crippen LogP contribution in [0, 0.1) is 11.8 Å². The van der Waals surface area contributed by atoms with Gasteiger partial charge in [-0.15, -0.1) is 0 Å². The number of imide groups is 1. The third-order valence-corrected chi connectivity index (χ3v) is 6.71. The molecule has 0 aromatic heterocycles. The number of aliphatic carboxylic acids is 1. The molecule has 0 saturated carbocycles. The maximum atomic E-state index is 13.4. The molecular weight excluding hydrogens is 386 g/mol. The van der Waals surface area contributed by atoms with Crippen LogP contribution in [0.4, 0.5) is 5.69 Å². The summed E-state index contributed by atoms with van der Waals surface area (Å²) in [6.07, 6.45) is 2.28. The first-order valence-corrected chi connectivity index (χ1v) is 10.6. The molecular formula is C22H27N3O5. The molecule has 30 heavy (non-hydrogen) atoms. The fourth-order valence-electron chi connectivity index (χ4n) is 5.31. The maximum Gasteiger partial charge on any atom is 0.303 e. The number of para-hydroxylation sites is 1. The first-order valence-electron chi connectivity index (χ1n) is 10.6. The van der Waals surface area contributed by atoms with Crippen LogP contribution in [0.25, 0.3) is 0 Å². The number of likely N-dealkylation sites (tertiary alicyclic amines) is 1. The highest BCUT2D eigenvalue weighted by Gasteiger charge is 2.70. The van der Waals surface area contributed by atoms with Crippen LogP contribution in [0.5, 0.6) is 0 Å². The second kappa shape index (κ2) is 7.50. The quantitative estimate of drug-likeness (QED) is 0.585. The van der Waals surface area contributed by atoms with E-state index in [-0.39, 0.29) is 30.6 Å². The first kappa shape index (κ1) is 20.5. The summed E-state index contributed by atoms with van der Waals surface area (Å²) in [4.78, 5) is 52.5. The van der Waals surface area contributed by atoms with Crippen molar-refractivity contribution in [1.82, 2.24) is 10.2 Å². The van der Waals surface area contributed by atoms with Gasteiger partial charge < -0.3 is 10.4 Å². The smallest absolute Gasteiger partial charge is 0.303 e. The van der Waals surface area contributed by atoms with Gasteiger partial charge >= 0.3 is 5.97 Å². The topological polar surface area (TPSA) is 116 Å². The zero-order valence-corrected chi connectivity index (χ0v) is 17.2. The fourth-order valence-corrected chi connectivity index (χ4v) is 5.31. The average Bonchev–Trinajstić information content (AvgIpc) is 3.30. The minimum Gasteiger partial charge on any atom is -0.481 e. The molecule has 3 heterocycles. The third kappa shape index (κ3) is 2.77. The molecule has 0 unspecified atom stereocenters. The predicted octanol–water partition coefficient (Wildman–Crippen LogP) is 1.63. The number of nitrogens with zero attached hydrogens (tertiary/aromatic N) is 1. The summed E-state index contributed by atoms with van der Waals surface area (Å²) in [5.74, 6) is -3.56. The zero-order valence-electron chi connectivity index (χ0n) is 17.2.